The lowest BCUT2D eigenvalue weighted by Crippen LogP contribution is -2.48. The Kier molecular flexibility index (Phi) is 5.12. The third-order valence-corrected chi connectivity index (χ3v) is 6.63. The highest BCUT2D eigenvalue weighted by Gasteiger charge is 2.39. The first-order chi connectivity index (χ1) is 11.9. The van der Waals surface area contributed by atoms with Gasteiger partial charge in [0.25, 0.3) is 5.91 Å². The van der Waals surface area contributed by atoms with Crippen LogP contribution in [-0.4, -0.2) is 65.2 Å². The molecule has 0 aromatic carbocycles. The Hall–Kier alpha value is -1.90. The van der Waals surface area contributed by atoms with Crippen molar-refractivity contribution < 1.29 is 22.7 Å². The molecule has 2 heterocycles. The van der Waals surface area contributed by atoms with Gasteiger partial charge < -0.3 is 9.64 Å². The van der Waals surface area contributed by atoms with Gasteiger partial charge in [-0.3, -0.25) is 9.48 Å². The summed E-state index contributed by atoms with van der Waals surface area (Å²) >= 11 is 0. The molecule has 0 bridgehead atoms. The minimum atomic E-state index is -3.09. The van der Waals surface area contributed by atoms with Gasteiger partial charge in [-0.05, 0) is 19.3 Å². The second-order valence-electron chi connectivity index (χ2n) is 6.77. The van der Waals surface area contributed by atoms with Crippen molar-refractivity contribution in [3.05, 3.63) is 18.0 Å². The van der Waals surface area contributed by atoms with E-state index in [1.165, 1.54) is 17.1 Å². The largest absolute Gasteiger partial charge is 0.452 e. The summed E-state index contributed by atoms with van der Waals surface area (Å²) in [6.07, 6.45) is 7.17. The summed E-state index contributed by atoms with van der Waals surface area (Å²) in [4.78, 5) is 26.4. The second kappa shape index (κ2) is 7.15. The number of amides is 1. The molecule has 0 spiro atoms. The lowest BCUT2D eigenvalue weighted by atomic mass is 10.1. The van der Waals surface area contributed by atoms with Gasteiger partial charge in [0.05, 0.1) is 23.3 Å². The molecule has 3 rings (SSSR count). The fraction of sp³-hybridized carbons (Fsp3) is 0.688. The monoisotopic (exact) mass is 369 g/mol. The Morgan fingerprint density at radius 3 is 2.56 bits per heavy atom. The normalized spacial score (nSPS) is 22.8. The van der Waals surface area contributed by atoms with Crippen molar-refractivity contribution in [3.8, 4) is 0 Å². The van der Waals surface area contributed by atoms with Gasteiger partial charge >= 0.3 is 5.97 Å². The smallest absolute Gasteiger partial charge is 0.341 e. The van der Waals surface area contributed by atoms with Gasteiger partial charge in [0.1, 0.15) is 0 Å². The number of aromatic nitrogens is 2. The standard InChI is InChI=1S/C16H23N3O5S/c1-18-9-12(8-17-18)16(21)24-10-15(20)19(13-4-2-3-5-13)14-6-7-25(22,23)11-14/h8-9,13-14H,2-7,10-11H2,1H3. The number of ether oxygens (including phenoxy) is 1. The first-order valence-electron chi connectivity index (χ1n) is 8.53. The molecule has 0 radical (unpaired) electrons. The van der Waals surface area contributed by atoms with E-state index in [1.807, 2.05) is 0 Å². The molecule has 1 saturated carbocycles. The van der Waals surface area contributed by atoms with E-state index < -0.39 is 15.8 Å². The van der Waals surface area contributed by atoms with Crippen molar-refractivity contribution in [2.24, 2.45) is 7.05 Å². The zero-order chi connectivity index (χ0) is 18.0. The lowest BCUT2D eigenvalue weighted by Gasteiger charge is -2.33. The third-order valence-electron chi connectivity index (χ3n) is 4.88. The summed E-state index contributed by atoms with van der Waals surface area (Å²) in [7, 11) is -1.40. The molecule has 1 aliphatic carbocycles. The van der Waals surface area contributed by atoms with E-state index in [4.69, 9.17) is 4.74 Å². The molecule has 1 aromatic heterocycles. The van der Waals surface area contributed by atoms with E-state index in [0.29, 0.717) is 6.42 Å². The molecule has 8 nitrogen and oxygen atoms in total. The van der Waals surface area contributed by atoms with Crippen molar-refractivity contribution in [1.29, 1.82) is 0 Å². The van der Waals surface area contributed by atoms with Crippen LogP contribution in [0.1, 0.15) is 42.5 Å². The summed E-state index contributed by atoms with van der Waals surface area (Å²) in [5, 5.41) is 3.90. The van der Waals surface area contributed by atoms with Crippen LogP contribution in [0.3, 0.4) is 0 Å². The average molecular weight is 369 g/mol. The second-order valence-corrected chi connectivity index (χ2v) is 9.00. The quantitative estimate of drug-likeness (QED) is 0.703. The molecule has 1 unspecified atom stereocenters. The maximum absolute atomic E-state index is 12.7. The van der Waals surface area contributed by atoms with Gasteiger partial charge in [0.2, 0.25) is 0 Å². The summed E-state index contributed by atoms with van der Waals surface area (Å²) in [6, 6.07) is -0.263. The molecule has 1 aliphatic heterocycles. The van der Waals surface area contributed by atoms with Crippen LogP contribution in [0.15, 0.2) is 12.4 Å². The number of hydrogen-bond acceptors (Lipinski definition) is 6. The average Bonchev–Trinajstić information content (AvgIpc) is 3.27. The molecule has 25 heavy (non-hydrogen) atoms. The first kappa shape index (κ1) is 17.9. The fourth-order valence-corrected chi connectivity index (χ4v) is 5.41. The van der Waals surface area contributed by atoms with Gasteiger partial charge in [-0.1, -0.05) is 12.8 Å². The maximum Gasteiger partial charge on any atom is 0.341 e. The van der Waals surface area contributed by atoms with E-state index in [9.17, 15) is 18.0 Å². The van der Waals surface area contributed by atoms with Crippen LogP contribution in [0.25, 0.3) is 0 Å². The van der Waals surface area contributed by atoms with Gasteiger partial charge in [0.15, 0.2) is 16.4 Å². The van der Waals surface area contributed by atoms with Gasteiger partial charge in [0, 0.05) is 25.3 Å². The van der Waals surface area contributed by atoms with Gasteiger partial charge in [-0.25, -0.2) is 13.2 Å². The highest BCUT2D eigenvalue weighted by molar-refractivity contribution is 7.91. The molecule has 2 fully saturated rings. The lowest BCUT2D eigenvalue weighted by molar-refractivity contribution is -0.139. The summed E-state index contributed by atoms with van der Waals surface area (Å²) in [5.41, 5.74) is 0.283. The van der Waals surface area contributed by atoms with Crippen LogP contribution in [0, 0.1) is 0 Å². The molecule has 1 aromatic rings. The molecular formula is C16H23N3O5S. The van der Waals surface area contributed by atoms with Gasteiger partial charge in [-0.2, -0.15) is 5.10 Å². The highest BCUT2D eigenvalue weighted by Crippen LogP contribution is 2.29. The Balaban J connectivity index is 1.65. The Morgan fingerprint density at radius 1 is 1.28 bits per heavy atom. The third kappa shape index (κ3) is 4.20. The minimum absolute atomic E-state index is 0.00575. The van der Waals surface area contributed by atoms with E-state index in [1.54, 1.807) is 11.9 Å². The van der Waals surface area contributed by atoms with Crippen molar-refractivity contribution in [2.45, 2.75) is 44.2 Å². The van der Waals surface area contributed by atoms with Crippen LogP contribution in [0.2, 0.25) is 0 Å². The first-order valence-corrected chi connectivity index (χ1v) is 10.4. The zero-order valence-electron chi connectivity index (χ0n) is 14.3. The molecule has 1 amide bonds. The predicted octanol–water partition coefficient (Wildman–Crippen LogP) is 0.535. The maximum atomic E-state index is 12.7. The van der Waals surface area contributed by atoms with Crippen molar-refractivity contribution in [1.82, 2.24) is 14.7 Å². The topological polar surface area (TPSA) is 98.6 Å². The number of aryl methyl sites for hydroxylation is 1. The number of rotatable bonds is 5. The predicted molar refractivity (Wildman–Crippen MR) is 89.7 cm³/mol. The van der Waals surface area contributed by atoms with E-state index in [2.05, 4.69) is 5.10 Å². The Bertz CT molecular complexity index is 752. The van der Waals surface area contributed by atoms with E-state index >= 15 is 0 Å². The van der Waals surface area contributed by atoms with Crippen molar-refractivity contribution >= 4 is 21.7 Å². The van der Waals surface area contributed by atoms with Crippen LogP contribution in [0.4, 0.5) is 0 Å². The van der Waals surface area contributed by atoms with Crippen LogP contribution in [-0.2, 0) is 26.4 Å². The molecule has 138 valence electrons. The van der Waals surface area contributed by atoms with Crippen LogP contribution < -0.4 is 0 Å². The summed E-state index contributed by atoms with van der Waals surface area (Å²) in [6.45, 7) is -0.374. The van der Waals surface area contributed by atoms with Crippen molar-refractivity contribution in [3.63, 3.8) is 0 Å². The van der Waals surface area contributed by atoms with E-state index in [0.717, 1.165) is 25.7 Å². The van der Waals surface area contributed by atoms with E-state index in [-0.39, 0.29) is 41.7 Å². The molecular weight excluding hydrogens is 346 g/mol. The number of esters is 1. The summed E-state index contributed by atoms with van der Waals surface area (Å²) in [5.74, 6) is -0.798. The molecule has 1 atom stereocenters. The fourth-order valence-electron chi connectivity index (χ4n) is 3.69. The zero-order valence-corrected chi connectivity index (χ0v) is 15.1. The molecule has 0 N–H and O–H groups in total. The van der Waals surface area contributed by atoms with Crippen LogP contribution >= 0.6 is 0 Å². The molecule has 9 heteroatoms. The number of carbonyl (C=O) groups excluding carboxylic acids is 2. The number of hydrogen-bond donors (Lipinski definition) is 0. The number of carbonyl (C=O) groups is 2. The van der Waals surface area contributed by atoms with Gasteiger partial charge in [-0.15, -0.1) is 0 Å². The SMILES string of the molecule is Cn1cc(C(=O)OCC(=O)N(C2CCCC2)C2CCS(=O)(=O)C2)cn1. The summed E-state index contributed by atoms with van der Waals surface area (Å²) < 4.78 is 30.2. The Morgan fingerprint density at radius 2 is 2.00 bits per heavy atom. The molecule has 2 aliphatic rings. The molecule has 1 saturated heterocycles. The van der Waals surface area contributed by atoms with Crippen molar-refractivity contribution in [2.75, 3.05) is 18.1 Å². The Labute approximate surface area is 147 Å². The highest BCUT2D eigenvalue weighted by atomic mass is 32.2. The minimum Gasteiger partial charge on any atom is -0.452 e. The number of sulfone groups is 1. The number of nitrogens with zero attached hydrogens (tertiary/aromatic N) is 3. The van der Waals surface area contributed by atoms with Crippen LogP contribution in [0.5, 0.6) is 0 Å².